The number of aromatic amines is 2. The Balaban J connectivity index is 1.13. The second kappa shape index (κ2) is 24.1. The molecule has 382 valence electrons. The Kier molecular flexibility index (Phi) is 17.9. The Morgan fingerprint density at radius 3 is 1.82 bits per heavy atom. The van der Waals surface area contributed by atoms with Crippen molar-refractivity contribution in [1.29, 1.82) is 0 Å². The summed E-state index contributed by atoms with van der Waals surface area (Å²) in [7, 11) is 6.28. The van der Waals surface area contributed by atoms with Crippen molar-refractivity contribution in [2.45, 2.75) is 69.2 Å². The summed E-state index contributed by atoms with van der Waals surface area (Å²) >= 11 is 0.964. The highest BCUT2D eigenvalue weighted by molar-refractivity contribution is 8.80. The maximum atomic E-state index is 15.3. The number of aliphatic hydroxyl groups is 1. The molecule has 3 fully saturated rings. The van der Waals surface area contributed by atoms with E-state index in [0.717, 1.165) is 53.5 Å². The molecule has 0 aliphatic carbocycles. The molecule has 0 spiro atoms. The maximum absolute atomic E-state index is 15.3. The number of methoxy groups -OCH3 is 2. The van der Waals surface area contributed by atoms with E-state index >= 15 is 4.57 Å². The Morgan fingerprint density at radius 1 is 0.732 bits per heavy atom. The van der Waals surface area contributed by atoms with Crippen molar-refractivity contribution in [2.75, 3.05) is 71.1 Å². The summed E-state index contributed by atoms with van der Waals surface area (Å²) in [6.45, 7) is 1.95. The second-order valence-electron chi connectivity index (χ2n) is 17.1. The smallest absolute Gasteiger partial charge is 0.390 e. The number of hydrogen-bond donors (Lipinski definition) is 3. The quantitative estimate of drug-likeness (QED) is 0.0253. The fourth-order valence-corrected chi connectivity index (χ4v) is 16.1. The fourth-order valence-electron chi connectivity index (χ4n) is 8.75. The molecule has 23 heteroatoms. The summed E-state index contributed by atoms with van der Waals surface area (Å²) in [5, 5.41) is 10.8. The van der Waals surface area contributed by atoms with Crippen LogP contribution in [0.25, 0.3) is 0 Å². The number of ether oxygens (including phenoxy) is 6. The summed E-state index contributed by atoms with van der Waals surface area (Å²) in [6, 6.07) is 24.6. The predicted molar refractivity (Wildman–Crippen MR) is 272 cm³/mol. The highest BCUT2D eigenvalue weighted by atomic mass is 33.1. The van der Waals surface area contributed by atoms with E-state index in [4.69, 9.17) is 37.5 Å². The molecule has 5 aromatic rings. The van der Waals surface area contributed by atoms with Crippen molar-refractivity contribution in [1.82, 2.24) is 24.0 Å². The highest BCUT2D eigenvalue weighted by Gasteiger charge is 2.48. The van der Waals surface area contributed by atoms with Gasteiger partial charge in [-0.25, -0.2) is 14.2 Å². The van der Waals surface area contributed by atoms with Crippen molar-refractivity contribution in [2.24, 2.45) is 0 Å². The van der Waals surface area contributed by atoms with Crippen LogP contribution in [0.1, 0.15) is 53.1 Å². The van der Waals surface area contributed by atoms with Crippen molar-refractivity contribution in [3.05, 3.63) is 161 Å². The minimum atomic E-state index is -4.24. The number of morpholine rings is 1. The van der Waals surface area contributed by atoms with Gasteiger partial charge in [0.1, 0.15) is 47.9 Å². The summed E-state index contributed by atoms with van der Waals surface area (Å²) in [5.41, 5.74) is -1.07. The van der Waals surface area contributed by atoms with Gasteiger partial charge in [0.15, 0.2) is 0 Å². The van der Waals surface area contributed by atoms with E-state index in [2.05, 4.69) is 14.9 Å². The molecule has 1 unspecified atom stereocenters. The van der Waals surface area contributed by atoms with Gasteiger partial charge in [-0.15, -0.1) is 0 Å². The number of H-pyrrole nitrogens is 2. The molecule has 5 heterocycles. The number of nitrogens with zero attached hydrogens (tertiary/aromatic N) is 3. The molecule has 2 aromatic heterocycles. The topological polar surface area (TPSA) is 224 Å². The number of aryl methyl sites for hydroxylation is 2. The monoisotopic (exact) mass is 1060 g/mol. The fraction of sp³-hybridized carbons (Fsp3) is 0.458. The molecular formula is C48H58N5O14PS3. The van der Waals surface area contributed by atoms with Crippen LogP contribution in [-0.4, -0.2) is 125 Å². The van der Waals surface area contributed by atoms with Crippen LogP contribution in [0, 0.1) is 13.8 Å². The largest absolute Gasteiger partial charge is 0.497 e. The van der Waals surface area contributed by atoms with Crippen LogP contribution >= 0.6 is 39.8 Å². The number of hydrogen-bond acceptors (Lipinski definition) is 18. The molecule has 3 aliphatic rings. The number of aliphatic hydroxyl groups excluding tert-OH is 1. The molecule has 8 rings (SSSR count). The summed E-state index contributed by atoms with van der Waals surface area (Å²) < 4.78 is 67.6. The third-order valence-corrected chi connectivity index (χ3v) is 19.5. The zero-order valence-electron chi connectivity index (χ0n) is 39.7. The maximum Gasteiger partial charge on any atom is 0.390 e. The molecule has 7 atom stereocenters. The van der Waals surface area contributed by atoms with Gasteiger partial charge in [0.25, 0.3) is 11.1 Å². The lowest BCUT2D eigenvalue weighted by molar-refractivity contribution is -0.0978. The molecular weight excluding hydrogens is 998 g/mol. The Hall–Kier alpha value is -4.42. The predicted octanol–water partition coefficient (Wildman–Crippen LogP) is 5.58. The van der Waals surface area contributed by atoms with Crippen molar-refractivity contribution < 1.29 is 47.1 Å². The number of rotatable bonds is 22. The lowest BCUT2D eigenvalue weighted by Crippen LogP contribution is -2.41. The Labute approximate surface area is 421 Å². The highest BCUT2D eigenvalue weighted by Crippen LogP contribution is 2.64. The molecule has 0 amide bonds. The molecule has 0 bridgehead atoms. The van der Waals surface area contributed by atoms with Crippen molar-refractivity contribution >= 4 is 39.8 Å². The minimum Gasteiger partial charge on any atom is -0.497 e. The van der Waals surface area contributed by atoms with Crippen LogP contribution in [0.4, 0.5) is 0 Å². The van der Waals surface area contributed by atoms with Crippen LogP contribution < -0.4 is 32.0 Å². The van der Waals surface area contributed by atoms with E-state index in [1.54, 1.807) is 38.9 Å². The van der Waals surface area contributed by atoms with Gasteiger partial charge in [0, 0.05) is 61.7 Å². The standard InChI is InChI=1S/C48H58N5O14PS3/c1-31-26-52(46(57)49-44(31)55)42-24-38(66-48(33-8-6-5-7-9-33,34-10-14-36(60-3)15-11-34)35-12-16-37(61-4)17-13-35)41(65-42)29-63-68(59,69-30-71-70-23-20-51-18-21-62-22-19-51)67-39-25-43(64-40(39)28-54)53-27-32(2)45(56)50-47(53)58/h5-17,26-27,38-43,54H,18-25,28-30H2,1-4H3,(H,49,55,57)(H,50,56,58)/t38-,39-,40-,41-,42-,43-,68?/m1/s1. The van der Waals surface area contributed by atoms with Gasteiger partial charge in [0.05, 0.1) is 51.8 Å². The average molecular weight is 1060 g/mol. The van der Waals surface area contributed by atoms with E-state index in [0.29, 0.717) is 24.7 Å². The van der Waals surface area contributed by atoms with Gasteiger partial charge in [-0.05, 0) is 66.2 Å². The SMILES string of the molecule is COc1ccc(C(O[C@@H]2C[C@H](n3cc(C)c(=O)[nH]c3=O)O[C@@H]2COP(=O)(O[C@@H]2C[C@H](n3cc(C)c(=O)[nH]c3=O)O[C@@H]2CO)SCSSCCN2CCOCC2)(c2ccccc2)c2ccc(OC)cc2)cc1. The zero-order valence-corrected chi connectivity index (χ0v) is 43.0. The van der Waals surface area contributed by atoms with Gasteiger partial charge in [-0.2, -0.15) is 0 Å². The molecule has 0 radical (unpaired) electrons. The number of benzene rings is 3. The molecule has 19 nitrogen and oxygen atoms in total. The zero-order chi connectivity index (χ0) is 50.1. The van der Waals surface area contributed by atoms with Crippen LogP contribution in [0.3, 0.4) is 0 Å². The number of nitrogens with one attached hydrogen (secondary N) is 2. The normalized spacial score (nSPS) is 22.6. The third-order valence-electron chi connectivity index (χ3n) is 12.6. The summed E-state index contributed by atoms with van der Waals surface area (Å²) in [4.78, 5) is 58.2. The summed E-state index contributed by atoms with van der Waals surface area (Å²) in [6.07, 6.45) is -3.05. The Morgan fingerprint density at radius 2 is 1.27 bits per heavy atom. The first-order chi connectivity index (χ1) is 34.3. The van der Waals surface area contributed by atoms with E-state index in [1.165, 1.54) is 32.3 Å². The lowest BCUT2D eigenvalue weighted by Gasteiger charge is -2.39. The molecule has 3 N–H and O–H groups in total. The first-order valence-corrected chi connectivity index (χ1v) is 28.7. The third kappa shape index (κ3) is 12.5. The van der Waals surface area contributed by atoms with Gasteiger partial charge >= 0.3 is 18.2 Å². The summed E-state index contributed by atoms with van der Waals surface area (Å²) in [5.74, 6) is 2.05. The molecule has 71 heavy (non-hydrogen) atoms. The lowest BCUT2D eigenvalue weighted by atomic mass is 9.79. The van der Waals surface area contributed by atoms with Gasteiger partial charge in [-0.1, -0.05) is 76.2 Å². The van der Waals surface area contributed by atoms with Crippen LogP contribution in [0.2, 0.25) is 0 Å². The van der Waals surface area contributed by atoms with Crippen molar-refractivity contribution in [3.8, 4) is 11.5 Å². The van der Waals surface area contributed by atoms with E-state index in [9.17, 15) is 24.3 Å². The molecule has 3 saturated heterocycles. The van der Waals surface area contributed by atoms with E-state index in [-0.39, 0.29) is 35.7 Å². The Bertz CT molecular complexity index is 2800. The first-order valence-electron chi connectivity index (χ1n) is 23.0. The van der Waals surface area contributed by atoms with E-state index < -0.39 is 78.4 Å². The minimum absolute atomic E-state index is 0.0164. The van der Waals surface area contributed by atoms with Crippen LogP contribution in [0.5, 0.6) is 11.5 Å². The van der Waals surface area contributed by atoms with Gasteiger partial charge in [0.2, 0.25) is 0 Å². The molecule has 3 aliphatic heterocycles. The number of aromatic nitrogens is 4. The molecule has 0 saturated carbocycles. The second-order valence-corrected chi connectivity index (χ2v) is 24.0. The van der Waals surface area contributed by atoms with Crippen LogP contribution in [0.15, 0.2) is 110 Å². The first kappa shape index (κ1) is 52.9. The van der Waals surface area contributed by atoms with Crippen LogP contribution in [-0.2, 0) is 38.2 Å². The van der Waals surface area contributed by atoms with Gasteiger partial charge < -0.3 is 33.5 Å². The molecule has 3 aromatic carbocycles. The van der Waals surface area contributed by atoms with Crippen molar-refractivity contribution in [3.63, 3.8) is 0 Å². The van der Waals surface area contributed by atoms with E-state index in [1.807, 2.05) is 78.9 Å². The van der Waals surface area contributed by atoms with Gasteiger partial charge in [-0.3, -0.25) is 42.6 Å². The average Bonchev–Trinajstić information content (AvgIpc) is 3.99.